The van der Waals surface area contributed by atoms with Crippen LogP contribution in [0.25, 0.3) is 16.5 Å². The number of rotatable bonds is 8. The number of phenols is 1. The molecule has 1 aromatic rings. The van der Waals surface area contributed by atoms with Gasteiger partial charge in [0, 0.05) is 24.1 Å². The Hall–Kier alpha value is -2.66. The van der Waals surface area contributed by atoms with Gasteiger partial charge in [0.1, 0.15) is 0 Å². The number of carbonyl (C=O) groups is 1. The monoisotopic (exact) mass is 290 g/mol. The van der Waals surface area contributed by atoms with Crippen LogP contribution in [0.15, 0.2) is 29.4 Å². The number of aromatic hydroxyl groups is 1. The van der Waals surface area contributed by atoms with Gasteiger partial charge in [0.2, 0.25) is 5.91 Å². The fourth-order valence-corrected chi connectivity index (χ4v) is 1.59. The van der Waals surface area contributed by atoms with Crippen LogP contribution in [0.1, 0.15) is 18.4 Å². The Labute approximate surface area is 122 Å². The zero-order valence-corrected chi connectivity index (χ0v) is 11.8. The minimum atomic E-state index is -0.203. The van der Waals surface area contributed by atoms with E-state index >= 15 is 0 Å². The van der Waals surface area contributed by atoms with Gasteiger partial charge in [-0.25, -0.2) is 0 Å². The molecule has 0 spiro atoms. The summed E-state index contributed by atoms with van der Waals surface area (Å²) in [5.41, 5.74) is 8.85. The smallest absolute Gasteiger partial charge is 0.243 e. The lowest BCUT2D eigenvalue weighted by molar-refractivity contribution is -0.116. The summed E-state index contributed by atoms with van der Waals surface area (Å²) in [7, 11) is 1.46. The van der Waals surface area contributed by atoms with Gasteiger partial charge in [-0.2, -0.15) is 0 Å². The molecule has 1 rings (SSSR count). The topological polar surface area (TPSA) is 107 Å². The minimum Gasteiger partial charge on any atom is -0.504 e. The van der Waals surface area contributed by atoms with Crippen molar-refractivity contribution in [2.45, 2.75) is 12.8 Å². The van der Waals surface area contributed by atoms with E-state index in [2.05, 4.69) is 15.3 Å². The SMILES string of the molecule is COc1cc(/C=C/C(=O)NCCCCN=[N+]=[N-])ccc1O. The molecule has 0 saturated heterocycles. The summed E-state index contributed by atoms with van der Waals surface area (Å²) >= 11 is 0. The molecule has 0 fully saturated rings. The van der Waals surface area contributed by atoms with Crippen LogP contribution in [0.3, 0.4) is 0 Å². The molecule has 21 heavy (non-hydrogen) atoms. The van der Waals surface area contributed by atoms with E-state index in [0.717, 1.165) is 18.4 Å². The third-order valence-electron chi connectivity index (χ3n) is 2.68. The summed E-state index contributed by atoms with van der Waals surface area (Å²) in [6, 6.07) is 4.83. The van der Waals surface area contributed by atoms with Gasteiger partial charge in [-0.15, -0.1) is 0 Å². The number of benzene rings is 1. The van der Waals surface area contributed by atoms with E-state index in [4.69, 9.17) is 10.3 Å². The molecule has 0 aliphatic rings. The number of hydrogen-bond donors (Lipinski definition) is 2. The van der Waals surface area contributed by atoms with Crippen LogP contribution in [0, 0.1) is 0 Å². The lowest BCUT2D eigenvalue weighted by atomic mass is 10.2. The van der Waals surface area contributed by atoms with E-state index in [1.807, 2.05) is 0 Å². The van der Waals surface area contributed by atoms with Gasteiger partial charge in [-0.05, 0) is 42.1 Å². The first-order valence-corrected chi connectivity index (χ1v) is 6.51. The van der Waals surface area contributed by atoms with Crippen molar-refractivity contribution < 1.29 is 14.6 Å². The Morgan fingerprint density at radius 1 is 1.52 bits per heavy atom. The molecule has 1 amide bonds. The van der Waals surface area contributed by atoms with Crippen LogP contribution in [0.5, 0.6) is 11.5 Å². The predicted octanol–water partition coefficient (Wildman–Crippen LogP) is 2.62. The third-order valence-corrected chi connectivity index (χ3v) is 2.68. The van der Waals surface area contributed by atoms with Crippen LogP contribution in [0.4, 0.5) is 0 Å². The van der Waals surface area contributed by atoms with Crippen molar-refractivity contribution in [1.82, 2.24) is 5.32 Å². The molecule has 112 valence electrons. The Morgan fingerprint density at radius 2 is 2.33 bits per heavy atom. The molecule has 0 aliphatic carbocycles. The quantitative estimate of drug-likeness (QED) is 0.252. The number of nitrogens with one attached hydrogen (secondary N) is 1. The van der Waals surface area contributed by atoms with Crippen LogP contribution in [-0.2, 0) is 4.79 Å². The molecule has 2 N–H and O–H groups in total. The average Bonchev–Trinajstić information content (AvgIpc) is 2.50. The molecule has 0 aliphatic heterocycles. The molecular weight excluding hydrogens is 272 g/mol. The molecule has 0 heterocycles. The lowest BCUT2D eigenvalue weighted by Gasteiger charge is -2.04. The predicted molar refractivity (Wildman–Crippen MR) is 79.9 cm³/mol. The van der Waals surface area contributed by atoms with Gasteiger partial charge in [0.15, 0.2) is 11.5 Å². The van der Waals surface area contributed by atoms with Crippen molar-refractivity contribution in [3.63, 3.8) is 0 Å². The van der Waals surface area contributed by atoms with Gasteiger partial charge < -0.3 is 15.2 Å². The molecule has 0 bridgehead atoms. The number of azide groups is 1. The second-order valence-corrected chi connectivity index (χ2v) is 4.22. The fourth-order valence-electron chi connectivity index (χ4n) is 1.59. The number of nitrogens with zero attached hydrogens (tertiary/aromatic N) is 3. The first-order chi connectivity index (χ1) is 10.2. The summed E-state index contributed by atoms with van der Waals surface area (Å²) in [5, 5.41) is 15.6. The zero-order valence-electron chi connectivity index (χ0n) is 11.8. The van der Waals surface area contributed by atoms with E-state index in [0.29, 0.717) is 18.8 Å². The molecular formula is C14H18N4O3. The summed E-state index contributed by atoms with van der Waals surface area (Å²) in [6.45, 7) is 0.971. The molecule has 0 atom stereocenters. The van der Waals surface area contributed by atoms with Crippen molar-refractivity contribution in [1.29, 1.82) is 0 Å². The number of ether oxygens (including phenoxy) is 1. The Morgan fingerprint density at radius 3 is 3.05 bits per heavy atom. The van der Waals surface area contributed by atoms with Crippen LogP contribution in [0.2, 0.25) is 0 Å². The molecule has 0 radical (unpaired) electrons. The number of methoxy groups -OCH3 is 1. The maximum atomic E-state index is 11.6. The maximum absolute atomic E-state index is 11.6. The number of amides is 1. The summed E-state index contributed by atoms with van der Waals surface area (Å²) in [6.07, 6.45) is 4.55. The Balaban J connectivity index is 2.38. The largest absolute Gasteiger partial charge is 0.504 e. The normalized spacial score (nSPS) is 10.1. The summed E-state index contributed by atoms with van der Waals surface area (Å²) in [4.78, 5) is 14.2. The molecule has 7 nitrogen and oxygen atoms in total. The maximum Gasteiger partial charge on any atom is 0.243 e. The zero-order chi connectivity index (χ0) is 15.5. The van der Waals surface area contributed by atoms with E-state index in [-0.39, 0.29) is 11.7 Å². The fraction of sp³-hybridized carbons (Fsp3) is 0.357. The first kappa shape index (κ1) is 16.4. The summed E-state index contributed by atoms with van der Waals surface area (Å²) < 4.78 is 4.99. The van der Waals surface area contributed by atoms with Gasteiger partial charge >= 0.3 is 0 Å². The van der Waals surface area contributed by atoms with E-state index in [9.17, 15) is 9.90 Å². The second-order valence-electron chi connectivity index (χ2n) is 4.22. The van der Waals surface area contributed by atoms with Gasteiger partial charge in [0.25, 0.3) is 0 Å². The Kier molecular flexibility index (Phi) is 7.24. The highest BCUT2D eigenvalue weighted by atomic mass is 16.5. The standard InChI is InChI=1S/C14H18N4O3/c1-21-13-10-11(4-6-12(13)19)5-7-14(20)16-8-2-3-9-17-18-15/h4-7,10,19H,2-3,8-9H2,1H3,(H,16,20)/b7-5+. The lowest BCUT2D eigenvalue weighted by Crippen LogP contribution is -2.22. The van der Waals surface area contributed by atoms with Crippen LogP contribution >= 0.6 is 0 Å². The third kappa shape index (κ3) is 6.35. The molecule has 7 heteroatoms. The molecule has 0 aromatic heterocycles. The highest BCUT2D eigenvalue weighted by Gasteiger charge is 2.01. The van der Waals surface area contributed by atoms with Gasteiger partial charge in [-0.1, -0.05) is 11.2 Å². The van der Waals surface area contributed by atoms with Gasteiger partial charge in [0.05, 0.1) is 7.11 Å². The van der Waals surface area contributed by atoms with E-state index < -0.39 is 0 Å². The summed E-state index contributed by atoms with van der Waals surface area (Å²) in [5.74, 6) is 0.209. The highest BCUT2D eigenvalue weighted by molar-refractivity contribution is 5.91. The highest BCUT2D eigenvalue weighted by Crippen LogP contribution is 2.26. The minimum absolute atomic E-state index is 0.0547. The molecule has 0 unspecified atom stereocenters. The van der Waals surface area contributed by atoms with E-state index in [1.165, 1.54) is 19.3 Å². The van der Waals surface area contributed by atoms with Crippen molar-refractivity contribution in [2.24, 2.45) is 5.11 Å². The molecule has 0 saturated carbocycles. The van der Waals surface area contributed by atoms with Crippen LogP contribution in [-0.4, -0.2) is 31.2 Å². The number of carbonyl (C=O) groups excluding carboxylic acids is 1. The van der Waals surface area contributed by atoms with Crippen molar-refractivity contribution in [3.8, 4) is 11.5 Å². The second kappa shape index (κ2) is 9.28. The molecule has 1 aromatic carbocycles. The van der Waals surface area contributed by atoms with Crippen molar-refractivity contribution >= 4 is 12.0 Å². The van der Waals surface area contributed by atoms with Crippen molar-refractivity contribution in [3.05, 3.63) is 40.3 Å². The van der Waals surface area contributed by atoms with Crippen molar-refractivity contribution in [2.75, 3.05) is 20.2 Å². The average molecular weight is 290 g/mol. The number of hydrogen-bond acceptors (Lipinski definition) is 4. The Bertz CT molecular complexity index is 551. The van der Waals surface area contributed by atoms with E-state index in [1.54, 1.807) is 18.2 Å². The first-order valence-electron chi connectivity index (χ1n) is 6.51. The van der Waals surface area contributed by atoms with Crippen LogP contribution < -0.4 is 10.1 Å². The van der Waals surface area contributed by atoms with Gasteiger partial charge in [-0.3, -0.25) is 4.79 Å². The number of phenolic OH excluding ortho intramolecular Hbond substituents is 1. The number of unbranched alkanes of at least 4 members (excludes halogenated alkanes) is 1.